The Morgan fingerprint density at radius 1 is 0.325 bits per heavy atom. The van der Waals surface area contributed by atoms with E-state index in [4.69, 9.17) is 4.74 Å². The Kier molecular flexibility index (Phi) is 70.9. The average Bonchev–Trinajstić information content (AvgIpc) is 3.49. The summed E-state index contributed by atoms with van der Waals surface area (Å²) in [4.78, 5) is 24.6. The van der Waals surface area contributed by atoms with Crippen molar-refractivity contribution >= 4 is 11.9 Å². The smallest absolute Gasteiger partial charge is 0.305 e. The first-order chi connectivity index (χ1) is 41.0. The van der Waals surface area contributed by atoms with Crippen molar-refractivity contribution < 1.29 is 24.5 Å². The van der Waals surface area contributed by atoms with Crippen molar-refractivity contribution in [1.29, 1.82) is 0 Å². The van der Waals surface area contributed by atoms with Crippen LogP contribution in [0, 0.1) is 0 Å². The first-order valence-electron chi connectivity index (χ1n) is 37.8. The molecule has 0 rings (SSSR count). The van der Waals surface area contributed by atoms with Crippen LogP contribution in [0.5, 0.6) is 0 Å². The second-order valence-electron chi connectivity index (χ2n) is 26.0. The number of carbonyl (C=O) groups is 2. The number of hydrogen-bond acceptors (Lipinski definition) is 5. The van der Waals surface area contributed by atoms with Gasteiger partial charge in [-0.2, -0.15) is 0 Å². The molecule has 0 aromatic heterocycles. The van der Waals surface area contributed by atoms with Gasteiger partial charge in [0, 0.05) is 12.8 Å². The van der Waals surface area contributed by atoms with Crippen molar-refractivity contribution in [3.8, 4) is 0 Å². The van der Waals surface area contributed by atoms with Gasteiger partial charge in [0.05, 0.1) is 25.4 Å². The topological polar surface area (TPSA) is 95.9 Å². The lowest BCUT2D eigenvalue weighted by atomic mass is 10.0. The highest BCUT2D eigenvalue weighted by molar-refractivity contribution is 5.76. The van der Waals surface area contributed by atoms with Crippen molar-refractivity contribution in [2.75, 3.05) is 13.2 Å². The third-order valence-corrected chi connectivity index (χ3v) is 17.6. The highest BCUT2D eigenvalue weighted by Gasteiger charge is 2.18. The summed E-state index contributed by atoms with van der Waals surface area (Å²) in [7, 11) is 0. The van der Waals surface area contributed by atoms with Crippen molar-refractivity contribution in [3.63, 3.8) is 0 Å². The average molecular weight is 1170 g/mol. The van der Waals surface area contributed by atoms with Gasteiger partial charge in [0.15, 0.2) is 0 Å². The summed E-state index contributed by atoms with van der Waals surface area (Å²) < 4.78 is 5.49. The molecule has 2 atom stereocenters. The summed E-state index contributed by atoms with van der Waals surface area (Å²) >= 11 is 0. The van der Waals surface area contributed by atoms with E-state index in [0.717, 1.165) is 44.9 Å². The Bertz CT molecular complexity index is 1340. The van der Waals surface area contributed by atoms with E-state index in [0.29, 0.717) is 19.4 Å². The van der Waals surface area contributed by atoms with Gasteiger partial charge in [-0.05, 0) is 83.5 Å². The Morgan fingerprint density at radius 2 is 0.566 bits per heavy atom. The van der Waals surface area contributed by atoms with Crippen LogP contribution >= 0.6 is 0 Å². The van der Waals surface area contributed by atoms with Crippen molar-refractivity contribution in [2.45, 2.75) is 431 Å². The zero-order valence-corrected chi connectivity index (χ0v) is 56.2. The largest absolute Gasteiger partial charge is 0.466 e. The summed E-state index contributed by atoms with van der Waals surface area (Å²) in [5.41, 5.74) is 0. The van der Waals surface area contributed by atoms with Crippen LogP contribution in [0.3, 0.4) is 0 Å². The predicted molar refractivity (Wildman–Crippen MR) is 366 cm³/mol. The molecule has 0 aliphatic carbocycles. The minimum Gasteiger partial charge on any atom is -0.466 e. The van der Waals surface area contributed by atoms with Gasteiger partial charge < -0.3 is 20.3 Å². The molecule has 3 N–H and O–H groups in total. The van der Waals surface area contributed by atoms with Gasteiger partial charge in [0.25, 0.3) is 0 Å². The van der Waals surface area contributed by atoms with Gasteiger partial charge in [0.1, 0.15) is 0 Å². The van der Waals surface area contributed by atoms with Gasteiger partial charge in [-0.3, -0.25) is 9.59 Å². The third kappa shape index (κ3) is 69.1. The second kappa shape index (κ2) is 72.6. The number of unbranched alkanes of at least 4 members (excludes halogenated alkanes) is 56. The molecule has 0 fully saturated rings. The van der Waals surface area contributed by atoms with Crippen LogP contribution in [0.25, 0.3) is 0 Å². The molecule has 0 aromatic rings. The van der Waals surface area contributed by atoms with Gasteiger partial charge in [-0.15, -0.1) is 0 Å². The normalized spacial score (nSPS) is 12.7. The second-order valence-corrected chi connectivity index (χ2v) is 26.0. The molecule has 2 unspecified atom stereocenters. The van der Waals surface area contributed by atoms with Crippen LogP contribution in [-0.2, 0) is 14.3 Å². The molecule has 0 heterocycles. The maximum atomic E-state index is 12.5. The number of ether oxygens (including phenoxy) is 1. The lowest BCUT2D eigenvalue weighted by Gasteiger charge is -2.20. The zero-order valence-electron chi connectivity index (χ0n) is 56.2. The lowest BCUT2D eigenvalue weighted by molar-refractivity contribution is -0.143. The molecule has 490 valence electrons. The molecule has 6 heteroatoms. The fourth-order valence-corrected chi connectivity index (χ4v) is 11.9. The monoisotopic (exact) mass is 1170 g/mol. The SMILES string of the molecule is CCCCCCC/C=C\CCCCCCCC(=O)OCCCCCCCCCCCCCC/C=C\CCCCCCCCCCCCCCCCCCC(=O)NC(CO)C(O)/C=C/CCCCCCCCCCCCCCCCCCCC. The van der Waals surface area contributed by atoms with Crippen LogP contribution in [0.2, 0.25) is 0 Å². The number of nitrogens with one attached hydrogen (secondary N) is 1. The van der Waals surface area contributed by atoms with Crippen LogP contribution in [0.15, 0.2) is 36.5 Å². The fourth-order valence-electron chi connectivity index (χ4n) is 11.9. The molecule has 0 spiro atoms. The summed E-state index contributed by atoms with van der Waals surface area (Å²) in [6.07, 6.45) is 93.9. The minimum absolute atomic E-state index is 0.00989. The van der Waals surface area contributed by atoms with E-state index in [1.165, 1.54) is 347 Å². The number of allylic oxidation sites excluding steroid dienone is 5. The van der Waals surface area contributed by atoms with E-state index in [-0.39, 0.29) is 18.5 Å². The molecular formula is C77H147NO5. The lowest BCUT2D eigenvalue weighted by Crippen LogP contribution is -2.45. The van der Waals surface area contributed by atoms with Gasteiger partial charge in [0.2, 0.25) is 5.91 Å². The van der Waals surface area contributed by atoms with Gasteiger partial charge >= 0.3 is 5.97 Å². The van der Waals surface area contributed by atoms with E-state index in [1.807, 2.05) is 6.08 Å². The molecule has 83 heavy (non-hydrogen) atoms. The van der Waals surface area contributed by atoms with E-state index in [2.05, 4.69) is 43.5 Å². The van der Waals surface area contributed by atoms with E-state index < -0.39 is 12.1 Å². The number of amides is 1. The Labute approximate surface area is 519 Å². The third-order valence-electron chi connectivity index (χ3n) is 17.6. The summed E-state index contributed by atoms with van der Waals surface area (Å²) in [5.74, 6) is -0.0515. The van der Waals surface area contributed by atoms with Crippen LogP contribution in [-0.4, -0.2) is 47.4 Å². The predicted octanol–water partition coefficient (Wildman–Crippen LogP) is 24.7. The van der Waals surface area contributed by atoms with Crippen molar-refractivity contribution in [3.05, 3.63) is 36.5 Å². The minimum atomic E-state index is -0.844. The fraction of sp³-hybridized carbons (Fsp3) is 0.896. The van der Waals surface area contributed by atoms with Gasteiger partial charge in [-0.1, -0.05) is 359 Å². The van der Waals surface area contributed by atoms with Crippen LogP contribution in [0.4, 0.5) is 0 Å². The van der Waals surface area contributed by atoms with Gasteiger partial charge in [-0.25, -0.2) is 0 Å². The molecule has 0 aromatic carbocycles. The van der Waals surface area contributed by atoms with Crippen molar-refractivity contribution in [2.24, 2.45) is 0 Å². The number of rotatable bonds is 71. The number of aliphatic hydroxyl groups is 2. The molecule has 1 amide bonds. The van der Waals surface area contributed by atoms with E-state index in [9.17, 15) is 19.8 Å². The Balaban J connectivity index is 3.38. The summed E-state index contributed by atoms with van der Waals surface area (Å²) in [5, 5.41) is 23.3. The Hall–Kier alpha value is -1.92. The van der Waals surface area contributed by atoms with Crippen LogP contribution < -0.4 is 5.32 Å². The summed E-state index contributed by atoms with van der Waals surface area (Å²) in [6.45, 7) is 4.93. The quantitative estimate of drug-likeness (QED) is 0.0320. The molecule has 0 radical (unpaired) electrons. The first-order valence-corrected chi connectivity index (χ1v) is 37.8. The van der Waals surface area contributed by atoms with E-state index >= 15 is 0 Å². The summed E-state index contributed by atoms with van der Waals surface area (Å²) in [6, 6.07) is -0.627. The maximum absolute atomic E-state index is 12.5. The van der Waals surface area contributed by atoms with Crippen LogP contribution in [0.1, 0.15) is 418 Å². The highest BCUT2D eigenvalue weighted by Crippen LogP contribution is 2.19. The molecular weight excluding hydrogens is 1020 g/mol. The maximum Gasteiger partial charge on any atom is 0.305 e. The standard InChI is InChI=1S/C77H147NO5/c1-3-5-7-9-11-13-15-17-19-20-21-36-39-42-45-49-53-57-61-65-69-75(80)74(73-79)78-76(81)70-66-62-58-54-50-46-43-40-37-34-32-30-28-26-24-22-23-25-27-29-31-33-35-38-41-44-48-52-56-60-64-68-72-83-77(82)71-67-63-59-55-51-47-18-16-14-12-10-8-6-4-2/h16,18,25,27,65,69,74-75,79-80H,3-15,17,19-24,26,28-64,66-68,70-73H2,1-2H3,(H,78,81)/b18-16-,27-25-,69-65+. The molecule has 0 bridgehead atoms. The molecule has 0 aliphatic rings. The van der Waals surface area contributed by atoms with E-state index in [1.54, 1.807) is 6.08 Å². The molecule has 0 aliphatic heterocycles. The molecule has 6 nitrogen and oxygen atoms in total. The number of hydrogen-bond donors (Lipinski definition) is 3. The number of aliphatic hydroxyl groups excluding tert-OH is 2. The highest BCUT2D eigenvalue weighted by atomic mass is 16.5. The molecule has 0 saturated heterocycles. The van der Waals surface area contributed by atoms with Crippen molar-refractivity contribution in [1.82, 2.24) is 5.32 Å². The Morgan fingerprint density at radius 3 is 0.855 bits per heavy atom. The number of carbonyl (C=O) groups excluding carboxylic acids is 2. The first kappa shape index (κ1) is 81.1. The number of esters is 1. The zero-order chi connectivity index (χ0) is 59.9. The molecule has 0 saturated carbocycles.